The molecule has 1 N–H and O–H groups in total. The third-order valence-corrected chi connectivity index (χ3v) is 4.93. The van der Waals surface area contributed by atoms with Gasteiger partial charge in [0.25, 0.3) is 0 Å². The summed E-state index contributed by atoms with van der Waals surface area (Å²) < 4.78 is 160. The number of alkyl halides is 12. The lowest BCUT2D eigenvalue weighted by atomic mass is 10.00. The molecule has 1 aliphatic heterocycles. The molecule has 0 saturated carbocycles. The average Bonchev–Trinajstić information content (AvgIpc) is 3.69. The number of aliphatic hydroxyl groups excluding tert-OH is 1. The van der Waals surface area contributed by atoms with Gasteiger partial charge < -0.3 is 9.84 Å². The van der Waals surface area contributed by atoms with Crippen molar-refractivity contribution in [3.05, 3.63) is 75.5 Å². The Bertz CT molecular complexity index is 1070. The summed E-state index contributed by atoms with van der Waals surface area (Å²) in [6.07, 6.45) is -20.0. The van der Waals surface area contributed by atoms with Crippen LogP contribution in [-0.4, -0.2) is 5.11 Å². The van der Waals surface area contributed by atoms with E-state index in [1.807, 2.05) is 27.7 Å². The van der Waals surface area contributed by atoms with Crippen molar-refractivity contribution < 1.29 is 62.5 Å². The van der Waals surface area contributed by atoms with E-state index in [0.717, 1.165) is 0 Å². The maximum absolute atomic E-state index is 13.0. The molecule has 3 rings (SSSR count). The highest BCUT2D eigenvalue weighted by atomic mass is 19.4. The molecule has 0 bridgehead atoms. The highest BCUT2D eigenvalue weighted by Crippen LogP contribution is 2.49. The van der Waals surface area contributed by atoms with Crippen molar-refractivity contribution in [1.29, 1.82) is 0 Å². The van der Waals surface area contributed by atoms with E-state index in [9.17, 15) is 57.8 Å². The zero-order valence-electron chi connectivity index (χ0n) is 22.8. The zero-order valence-corrected chi connectivity index (χ0v) is 22.8. The Morgan fingerprint density at radius 2 is 0.878 bits per heavy atom. The number of unbranched alkanes of at least 4 members (excludes halogenated alkanes) is 1. The second-order valence-electron chi connectivity index (χ2n) is 7.84. The number of halogens is 12. The first-order chi connectivity index (χ1) is 18.7. The second-order valence-corrected chi connectivity index (χ2v) is 7.84. The maximum Gasteiger partial charge on any atom is 0.416 e. The van der Waals surface area contributed by atoms with E-state index >= 15 is 0 Å². The predicted octanol–water partition coefficient (Wildman–Crippen LogP) is 11.6. The van der Waals surface area contributed by atoms with Gasteiger partial charge in [-0.1, -0.05) is 54.4 Å². The molecule has 2 aromatic rings. The van der Waals surface area contributed by atoms with Crippen LogP contribution in [0.2, 0.25) is 0 Å². The van der Waals surface area contributed by atoms with Crippen LogP contribution in [0.3, 0.4) is 0 Å². The standard InChI is InChI=1S/C19H8F12O2.C4H10.2C2H6/c20-16(21,22)9-1-7(2-10(5-9)17(23,24)25)13(32)15-14(33-15)8-3-11(18(26,27)28)6-12(4-8)19(29,30)31;1-3-4-2;2*1-2/h1-6,14,32H;3-4H2,1-2H3;2*1-2H3/b15-13-;;;. The van der Waals surface area contributed by atoms with Crippen molar-refractivity contribution in [2.24, 2.45) is 0 Å². The molecule has 1 heterocycles. The molecule has 0 radical (unpaired) electrons. The maximum atomic E-state index is 13.0. The van der Waals surface area contributed by atoms with Crippen LogP contribution in [0.1, 0.15) is 93.9 Å². The lowest BCUT2D eigenvalue weighted by Crippen LogP contribution is -2.12. The summed E-state index contributed by atoms with van der Waals surface area (Å²) in [6.45, 7) is 12.4. The molecule has 1 atom stereocenters. The first-order valence-electron chi connectivity index (χ1n) is 12.4. The Morgan fingerprint density at radius 1 is 0.585 bits per heavy atom. The van der Waals surface area contributed by atoms with E-state index in [4.69, 9.17) is 4.74 Å². The summed E-state index contributed by atoms with van der Waals surface area (Å²) in [7, 11) is 0. The van der Waals surface area contributed by atoms with Gasteiger partial charge in [-0.25, -0.2) is 0 Å². The molecule has 0 aromatic heterocycles. The number of ether oxygens (including phenoxy) is 1. The number of benzene rings is 2. The summed E-state index contributed by atoms with van der Waals surface area (Å²) in [4.78, 5) is 0. The van der Waals surface area contributed by atoms with Crippen LogP contribution in [0, 0.1) is 0 Å². The van der Waals surface area contributed by atoms with Crippen LogP contribution < -0.4 is 0 Å². The van der Waals surface area contributed by atoms with E-state index < -0.39 is 75.7 Å². The van der Waals surface area contributed by atoms with Crippen molar-refractivity contribution >= 4 is 5.76 Å². The fourth-order valence-corrected chi connectivity index (χ4v) is 2.86. The van der Waals surface area contributed by atoms with Crippen molar-refractivity contribution in [1.82, 2.24) is 0 Å². The first kappa shape index (κ1) is 37.9. The van der Waals surface area contributed by atoms with Gasteiger partial charge in [0.15, 0.2) is 17.6 Å². The molecule has 1 saturated heterocycles. The topological polar surface area (TPSA) is 32.8 Å². The minimum atomic E-state index is -5.26. The molecule has 0 aliphatic carbocycles. The number of hydrogen-bond donors (Lipinski definition) is 1. The normalized spacial score (nSPS) is 16.1. The first-order valence-corrected chi connectivity index (χ1v) is 12.4. The van der Waals surface area contributed by atoms with Gasteiger partial charge in [0.05, 0.1) is 22.3 Å². The van der Waals surface area contributed by atoms with Gasteiger partial charge in [-0.3, -0.25) is 0 Å². The van der Waals surface area contributed by atoms with Crippen LogP contribution in [-0.2, 0) is 29.4 Å². The van der Waals surface area contributed by atoms with Crippen molar-refractivity contribution in [3.8, 4) is 0 Å². The quantitative estimate of drug-likeness (QED) is 0.212. The molecule has 1 unspecified atom stereocenters. The van der Waals surface area contributed by atoms with Gasteiger partial charge in [-0.15, -0.1) is 0 Å². The van der Waals surface area contributed by atoms with Crippen LogP contribution in [0.25, 0.3) is 5.76 Å². The Balaban J connectivity index is 0.00000180. The summed E-state index contributed by atoms with van der Waals surface area (Å²) in [5, 5.41) is 10.1. The van der Waals surface area contributed by atoms with E-state index in [2.05, 4.69) is 13.8 Å². The molecule has 2 aromatic carbocycles. The fourth-order valence-electron chi connectivity index (χ4n) is 2.86. The summed E-state index contributed by atoms with van der Waals surface area (Å²) in [5.41, 5.74) is -8.84. The van der Waals surface area contributed by atoms with Gasteiger partial charge in [-0.2, -0.15) is 52.7 Å². The third kappa shape index (κ3) is 11.0. The van der Waals surface area contributed by atoms with Gasteiger partial charge in [0, 0.05) is 11.1 Å². The molecule has 14 heteroatoms. The second kappa shape index (κ2) is 14.7. The Kier molecular flexibility index (Phi) is 13.6. The highest BCUT2D eigenvalue weighted by Gasteiger charge is 2.44. The molecule has 0 amide bonds. The third-order valence-electron chi connectivity index (χ3n) is 4.93. The average molecular weight is 615 g/mol. The van der Waals surface area contributed by atoms with E-state index in [0.29, 0.717) is 0 Å². The largest absolute Gasteiger partial charge is 0.504 e. The van der Waals surface area contributed by atoms with Crippen molar-refractivity contribution in [3.63, 3.8) is 0 Å². The van der Waals surface area contributed by atoms with E-state index in [1.165, 1.54) is 12.8 Å². The fraction of sp³-hybridized carbons (Fsp3) is 0.481. The summed E-state index contributed by atoms with van der Waals surface area (Å²) >= 11 is 0. The van der Waals surface area contributed by atoms with Crippen LogP contribution >= 0.6 is 0 Å². The molecule has 1 aliphatic rings. The van der Waals surface area contributed by atoms with E-state index in [1.54, 1.807) is 0 Å². The number of hydrogen-bond acceptors (Lipinski definition) is 2. The SMILES string of the molecule is CC.CC.CCCC.O/C(=C1\OC1c1cc(C(F)(F)F)cc(C(F)(F)F)c1)c1cc(C(F)(F)F)cc(C(F)(F)F)c1. The molecule has 2 nitrogen and oxygen atoms in total. The van der Waals surface area contributed by atoms with Crippen molar-refractivity contribution in [2.45, 2.75) is 85.2 Å². The number of rotatable bonds is 3. The Morgan fingerprint density at radius 3 is 1.15 bits per heavy atom. The molecule has 41 heavy (non-hydrogen) atoms. The predicted molar refractivity (Wildman–Crippen MR) is 130 cm³/mol. The van der Waals surface area contributed by atoms with E-state index in [-0.39, 0.29) is 36.4 Å². The highest BCUT2D eigenvalue weighted by molar-refractivity contribution is 5.66. The molecule has 234 valence electrons. The van der Waals surface area contributed by atoms with Crippen LogP contribution in [0.15, 0.2) is 42.2 Å². The number of epoxide rings is 1. The number of aliphatic hydroxyl groups is 1. The van der Waals surface area contributed by atoms with Crippen LogP contribution in [0.4, 0.5) is 52.7 Å². The van der Waals surface area contributed by atoms with Gasteiger partial charge in [-0.05, 0) is 36.4 Å². The Hall–Kier alpha value is -3.06. The monoisotopic (exact) mass is 614 g/mol. The summed E-state index contributed by atoms with van der Waals surface area (Å²) in [5.74, 6) is -2.10. The van der Waals surface area contributed by atoms with Crippen molar-refractivity contribution in [2.75, 3.05) is 0 Å². The minimum absolute atomic E-state index is 0.129. The lowest BCUT2D eigenvalue weighted by molar-refractivity contribution is -0.144. The van der Waals surface area contributed by atoms with Gasteiger partial charge in [0.1, 0.15) is 0 Å². The zero-order chi connectivity index (χ0) is 32.6. The molecule has 1 fully saturated rings. The van der Waals surface area contributed by atoms with Crippen LogP contribution in [0.5, 0.6) is 0 Å². The Labute approximate surface area is 229 Å². The lowest BCUT2D eigenvalue weighted by Gasteiger charge is -2.13. The summed E-state index contributed by atoms with van der Waals surface area (Å²) in [6, 6.07) is 0.362. The molecular formula is C27H30F12O2. The van der Waals surface area contributed by atoms with Gasteiger partial charge in [0.2, 0.25) is 0 Å². The smallest absolute Gasteiger partial charge is 0.416 e. The minimum Gasteiger partial charge on any atom is -0.504 e. The van der Waals surface area contributed by atoms with Gasteiger partial charge >= 0.3 is 24.7 Å². The molecule has 0 spiro atoms. The molecular weight excluding hydrogens is 584 g/mol.